The average molecular weight is 325 g/mol. The largest absolute Gasteiger partial charge is 0.491 e. The molecule has 4 heteroatoms. The molecule has 0 saturated heterocycles. The number of hydrogen-bond donors (Lipinski definition) is 1. The molecule has 4 nitrogen and oxygen atoms in total. The summed E-state index contributed by atoms with van der Waals surface area (Å²) < 4.78 is 11.2. The molecule has 2 rings (SSSR count). The molecule has 0 saturated carbocycles. The molecule has 0 aliphatic carbocycles. The highest BCUT2D eigenvalue weighted by Crippen LogP contribution is 2.19. The minimum Gasteiger partial charge on any atom is -0.491 e. The highest BCUT2D eigenvalue weighted by molar-refractivity contribution is 6.04. The maximum atomic E-state index is 12.4. The van der Waals surface area contributed by atoms with Crippen LogP contribution in [0.2, 0.25) is 0 Å². The number of ether oxygens (including phenoxy) is 2. The van der Waals surface area contributed by atoms with E-state index in [0.29, 0.717) is 23.6 Å². The van der Waals surface area contributed by atoms with Gasteiger partial charge < -0.3 is 14.8 Å². The van der Waals surface area contributed by atoms with E-state index < -0.39 is 0 Å². The first kappa shape index (κ1) is 17.6. The van der Waals surface area contributed by atoms with Gasteiger partial charge in [-0.25, -0.2) is 0 Å². The van der Waals surface area contributed by atoms with Crippen molar-refractivity contribution in [3.63, 3.8) is 0 Å². The minimum absolute atomic E-state index is 0.117. The average Bonchev–Trinajstić information content (AvgIpc) is 2.61. The highest BCUT2D eigenvalue weighted by Gasteiger charge is 2.09. The SMILES string of the molecule is C=CCOc1ccc(NC(=O)c2cccc(OC(C)CC)c2)cc1. The van der Waals surface area contributed by atoms with Gasteiger partial charge in [-0.2, -0.15) is 0 Å². The molecule has 1 atom stereocenters. The lowest BCUT2D eigenvalue weighted by molar-refractivity contribution is 0.102. The molecule has 0 radical (unpaired) electrons. The summed E-state index contributed by atoms with van der Waals surface area (Å²) in [6.45, 7) is 8.12. The van der Waals surface area contributed by atoms with Gasteiger partial charge in [0.05, 0.1) is 6.10 Å². The Morgan fingerprint density at radius 2 is 1.96 bits per heavy atom. The van der Waals surface area contributed by atoms with Crippen molar-refractivity contribution >= 4 is 11.6 Å². The molecule has 0 heterocycles. The summed E-state index contributed by atoms with van der Waals surface area (Å²) in [5, 5.41) is 2.87. The molecule has 0 spiro atoms. The van der Waals surface area contributed by atoms with Gasteiger partial charge in [0.2, 0.25) is 0 Å². The molecule has 1 amide bonds. The normalized spacial score (nSPS) is 11.4. The summed E-state index contributed by atoms with van der Waals surface area (Å²) in [6, 6.07) is 14.4. The second kappa shape index (κ2) is 8.77. The summed E-state index contributed by atoms with van der Waals surface area (Å²) in [7, 11) is 0. The van der Waals surface area contributed by atoms with Crippen molar-refractivity contribution in [1.82, 2.24) is 0 Å². The molecule has 0 aliphatic rings. The fourth-order valence-electron chi connectivity index (χ4n) is 2.02. The third-order valence-electron chi connectivity index (χ3n) is 3.49. The number of hydrogen-bond acceptors (Lipinski definition) is 3. The summed E-state index contributed by atoms with van der Waals surface area (Å²) in [5.41, 5.74) is 1.27. The lowest BCUT2D eigenvalue weighted by Crippen LogP contribution is -2.13. The Morgan fingerprint density at radius 3 is 2.62 bits per heavy atom. The third kappa shape index (κ3) is 5.16. The molecule has 2 aromatic carbocycles. The zero-order valence-corrected chi connectivity index (χ0v) is 14.1. The zero-order chi connectivity index (χ0) is 17.4. The Kier molecular flexibility index (Phi) is 6.43. The number of anilines is 1. The third-order valence-corrected chi connectivity index (χ3v) is 3.49. The number of rotatable bonds is 8. The first-order valence-corrected chi connectivity index (χ1v) is 8.04. The van der Waals surface area contributed by atoms with Crippen molar-refractivity contribution < 1.29 is 14.3 Å². The highest BCUT2D eigenvalue weighted by atomic mass is 16.5. The van der Waals surface area contributed by atoms with Gasteiger partial charge in [0.25, 0.3) is 5.91 Å². The van der Waals surface area contributed by atoms with Crippen LogP contribution >= 0.6 is 0 Å². The molecule has 0 aliphatic heterocycles. The minimum atomic E-state index is -0.177. The molecular formula is C20H23NO3. The molecule has 0 bridgehead atoms. The number of amides is 1. The van der Waals surface area contributed by atoms with E-state index in [1.165, 1.54) is 0 Å². The van der Waals surface area contributed by atoms with Crippen LogP contribution in [-0.2, 0) is 0 Å². The predicted molar refractivity (Wildman–Crippen MR) is 96.9 cm³/mol. The van der Waals surface area contributed by atoms with Crippen LogP contribution in [0.5, 0.6) is 11.5 Å². The van der Waals surface area contributed by atoms with E-state index in [4.69, 9.17) is 9.47 Å². The molecule has 0 aromatic heterocycles. The number of carbonyl (C=O) groups is 1. The van der Waals surface area contributed by atoms with Crippen molar-refractivity contribution in [2.24, 2.45) is 0 Å². The lowest BCUT2D eigenvalue weighted by atomic mass is 10.2. The zero-order valence-electron chi connectivity index (χ0n) is 14.1. The van der Waals surface area contributed by atoms with Gasteiger partial charge in [-0.1, -0.05) is 25.6 Å². The second-order valence-electron chi connectivity index (χ2n) is 5.44. The van der Waals surface area contributed by atoms with Crippen molar-refractivity contribution in [3.8, 4) is 11.5 Å². The van der Waals surface area contributed by atoms with E-state index >= 15 is 0 Å². The van der Waals surface area contributed by atoms with Gasteiger partial charge in [-0.3, -0.25) is 4.79 Å². The molecule has 1 unspecified atom stereocenters. The Bertz CT molecular complexity index is 680. The lowest BCUT2D eigenvalue weighted by Gasteiger charge is -2.13. The van der Waals surface area contributed by atoms with Crippen molar-refractivity contribution in [3.05, 3.63) is 66.7 Å². The van der Waals surface area contributed by atoms with Crippen LogP contribution in [0.4, 0.5) is 5.69 Å². The number of nitrogens with one attached hydrogen (secondary N) is 1. The van der Waals surface area contributed by atoms with E-state index in [9.17, 15) is 4.79 Å². The number of benzene rings is 2. The van der Waals surface area contributed by atoms with Crippen LogP contribution in [0.15, 0.2) is 61.2 Å². The molecule has 126 valence electrons. The smallest absolute Gasteiger partial charge is 0.255 e. The maximum absolute atomic E-state index is 12.4. The van der Waals surface area contributed by atoms with Gasteiger partial charge in [-0.05, 0) is 55.8 Å². The second-order valence-corrected chi connectivity index (χ2v) is 5.44. The standard InChI is InChI=1S/C20H23NO3/c1-4-13-23-18-11-9-17(10-12-18)21-20(22)16-7-6-8-19(14-16)24-15(3)5-2/h4,6-12,14-15H,1,5,13H2,2-3H3,(H,21,22). The predicted octanol–water partition coefficient (Wildman–Crippen LogP) is 4.68. The fraction of sp³-hybridized carbons (Fsp3) is 0.250. The van der Waals surface area contributed by atoms with Crippen molar-refractivity contribution in [2.45, 2.75) is 26.4 Å². The van der Waals surface area contributed by atoms with E-state index in [1.807, 2.05) is 31.2 Å². The summed E-state index contributed by atoms with van der Waals surface area (Å²) >= 11 is 0. The van der Waals surface area contributed by atoms with Crippen LogP contribution in [0.25, 0.3) is 0 Å². The molecule has 24 heavy (non-hydrogen) atoms. The first-order valence-electron chi connectivity index (χ1n) is 8.04. The van der Waals surface area contributed by atoms with E-state index in [-0.39, 0.29) is 12.0 Å². The van der Waals surface area contributed by atoms with Crippen LogP contribution in [-0.4, -0.2) is 18.6 Å². The Morgan fingerprint density at radius 1 is 1.21 bits per heavy atom. The molecule has 1 N–H and O–H groups in total. The van der Waals surface area contributed by atoms with Crippen LogP contribution in [0.3, 0.4) is 0 Å². The summed E-state index contributed by atoms with van der Waals surface area (Å²) in [5.74, 6) is 1.26. The van der Waals surface area contributed by atoms with Crippen molar-refractivity contribution in [2.75, 3.05) is 11.9 Å². The van der Waals surface area contributed by atoms with Gasteiger partial charge in [0.15, 0.2) is 0 Å². The van der Waals surface area contributed by atoms with E-state index in [1.54, 1.807) is 30.3 Å². The fourth-order valence-corrected chi connectivity index (χ4v) is 2.02. The van der Waals surface area contributed by atoms with E-state index in [0.717, 1.165) is 12.2 Å². The Hall–Kier alpha value is -2.75. The summed E-state index contributed by atoms with van der Waals surface area (Å²) in [4.78, 5) is 12.4. The topological polar surface area (TPSA) is 47.6 Å². The van der Waals surface area contributed by atoms with Crippen LogP contribution in [0, 0.1) is 0 Å². The number of carbonyl (C=O) groups excluding carboxylic acids is 1. The quantitative estimate of drug-likeness (QED) is 0.717. The first-order chi connectivity index (χ1) is 11.6. The van der Waals surface area contributed by atoms with E-state index in [2.05, 4.69) is 18.8 Å². The Balaban J connectivity index is 2.01. The Labute approximate surface area is 143 Å². The van der Waals surface area contributed by atoms with Gasteiger partial charge >= 0.3 is 0 Å². The monoisotopic (exact) mass is 325 g/mol. The van der Waals surface area contributed by atoms with Gasteiger partial charge in [0.1, 0.15) is 18.1 Å². The van der Waals surface area contributed by atoms with Crippen molar-refractivity contribution in [1.29, 1.82) is 0 Å². The maximum Gasteiger partial charge on any atom is 0.255 e. The molecule has 0 fully saturated rings. The van der Waals surface area contributed by atoms with Crippen LogP contribution in [0.1, 0.15) is 30.6 Å². The van der Waals surface area contributed by atoms with Gasteiger partial charge in [-0.15, -0.1) is 0 Å². The molecular weight excluding hydrogens is 302 g/mol. The van der Waals surface area contributed by atoms with Crippen LogP contribution < -0.4 is 14.8 Å². The summed E-state index contributed by atoms with van der Waals surface area (Å²) in [6.07, 6.45) is 2.72. The van der Waals surface area contributed by atoms with Gasteiger partial charge in [0, 0.05) is 11.3 Å². The molecule has 2 aromatic rings.